The Kier molecular flexibility index (Phi) is 5.81. The van der Waals surface area contributed by atoms with Gasteiger partial charge >= 0.3 is 0 Å². The van der Waals surface area contributed by atoms with Gasteiger partial charge in [-0.3, -0.25) is 9.78 Å². The molecule has 0 fully saturated rings. The van der Waals surface area contributed by atoms with Crippen LogP contribution < -0.4 is 10.1 Å². The van der Waals surface area contributed by atoms with Gasteiger partial charge in [0.2, 0.25) is 0 Å². The summed E-state index contributed by atoms with van der Waals surface area (Å²) in [5.41, 5.74) is 2.27. The minimum atomic E-state index is -0.207. The summed E-state index contributed by atoms with van der Waals surface area (Å²) in [7, 11) is 0. The highest BCUT2D eigenvalue weighted by Gasteiger charge is 2.12. The second kappa shape index (κ2) is 8.45. The summed E-state index contributed by atoms with van der Waals surface area (Å²) < 4.78 is 5.79. The maximum absolute atomic E-state index is 12.3. The average Bonchev–Trinajstić information content (AvgIpc) is 2.67. The van der Waals surface area contributed by atoms with Crippen molar-refractivity contribution < 1.29 is 9.53 Å². The number of aromatic nitrogens is 2. The number of ether oxygens (including phenoxy) is 1. The number of carbonyl (C=O) groups is 1. The van der Waals surface area contributed by atoms with Gasteiger partial charge in [-0.2, -0.15) is 0 Å². The zero-order valence-corrected chi connectivity index (χ0v) is 15.0. The average molecular weight is 368 g/mol. The van der Waals surface area contributed by atoms with Gasteiger partial charge in [-0.25, -0.2) is 4.98 Å². The summed E-state index contributed by atoms with van der Waals surface area (Å²) in [5.74, 6) is 0.516. The van der Waals surface area contributed by atoms with E-state index < -0.39 is 0 Å². The Labute approximate surface area is 157 Å². The van der Waals surface area contributed by atoms with Crippen LogP contribution in [0.4, 0.5) is 0 Å². The lowest BCUT2D eigenvalue weighted by Gasteiger charge is -2.16. The molecule has 26 heavy (non-hydrogen) atoms. The predicted molar refractivity (Wildman–Crippen MR) is 100 cm³/mol. The zero-order valence-electron chi connectivity index (χ0n) is 14.2. The van der Waals surface area contributed by atoms with Crippen molar-refractivity contribution in [3.63, 3.8) is 0 Å². The maximum Gasteiger partial charge on any atom is 0.251 e. The van der Waals surface area contributed by atoms with Crippen molar-refractivity contribution in [2.45, 2.75) is 19.6 Å². The molecule has 1 atom stereocenters. The summed E-state index contributed by atoms with van der Waals surface area (Å²) in [6, 6.07) is 16.3. The first kappa shape index (κ1) is 17.9. The second-order valence-electron chi connectivity index (χ2n) is 5.74. The van der Waals surface area contributed by atoms with Crippen molar-refractivity contribution in [1.29, 1.82) is 0 Å². The molecule has 0 saturated heterocycles. The molecule has 2 aromatic heterocycles. The third kappa shape index (κ3) is 4.80. The van der Waals surface area contributed by atoms with Gasteiger partial charge in [0, 0.05) is 18.0 Å². The van der Waals surface area contributed by atoms with E-state index in [9.17, 15) is 4.79 Å². The molecule has 5 nitrogen and oxygen atoms in total. The fourth-order valence-corrected chi connectivity index (χ4v) is 2.60. The number of rotatable bonds is 6. The Hall–Kier alpha value is -2.92. The number of hydrogen-bond acceptors (Lipinski definition) is 4. The highest BCUT2D eigenvalue weighted by molar-refractivity contribution is 6.29. The first-order valence-corrected chi connectivity index (χ1v) is 8.55. The van der Waals surface area contributed by atoms with Crippen LogP contribution in [0.1, 0.15) is 34.6 Å². The molecular weight excluding hydrogens is 350 g/mol. The number of amides is 1. The smallest absolute Gasteiger partial charge is 0.251 e. The van der Waals surface area contributed by atoms with Gasteiger partial charge < -0.3 is 10.1 Å². The van der Waals surface area contributed by atoms with E-state index in [1.807, 2.05) is 49.4 Å². The van der Waals surface area contributed by atoms with E-state index in [0.29, 0.717) is 12.2 Å². The van der Waals surface area contributed by atoms with E-state index in [-0.39, 0.29) is 17.1 Å². The van der Waals surface area contributed by atoms with Crippen LogP contribution in [-0.4, -0.2) is 15.9 Å². The van der Waals surface area contributed by atoms with Crippen LogP contribution in [0, 0.1) is 0 Å². The quantitative estimate of drug-likeness (QED) is 0.663. The third-order valence-electron chi connectivity index (χ3n) is 3.81. The van der Waals surface area contributed by atoms with Crippen LogP contribution >= 0.6 is 11.6 Å². The van der Waals surface area contributed by atoms with Gasteiger partial charge in [0.1, 0.15) is 17.5 Å². The summed E-state index contributed by atoms with van der Waals surface area (Å²) in [4.78, 5) is 20.5. The molecule has 0 saturated carbocycles. The molecule has 6 heteroatoms. The molecule has 0 aliphatic rings. The molecule has 0 bridgehead atoms. The maximum atomic E-state index is 12.3. The molecule has 1 aromatic carbocycles. The SMILES string of the molecule is CC(NC(=O)c1ccnc(Cl)c1)c1cccc(OCc2ccccn2)c1. The largest absolute Gasteiger partial charge is 0.487 e. The molecule has 1 N–H and O–H groups in total. The normalized spacial score (nSPS) is 11.6. The van der Waals surface area contributed by atoms with Crippen molar-refractivity contribution in [1.82, 2.24) is 15.3 Å². The standard InChI is InChI=1S/C20H18ClN3O2/c1-14(24-20(25)16-8-10-23-19(21)12-16)15-5-4-7-18(11-15)26-13-17-6-2-3-9-22-17/h2-12,14H,13H2,1H3,(H,24,25). The van der Waals surface area contributed by atoms with Gasteiger partial charge in [0.05, 0.1) is 11.7 Å². The van der Waals surface area contributed by atoms with Crippen LogP contribution in [0.5, 0.6) is 5.75 Å². The van der Waals surface area contributed by atoms with E-state index in [1.165, 1.54) is 12.3 Å². The zero-order chi connectivity index (χ0) is 18.4. The fourth-order valence-electron chi connectivity index (χ4n) is 2.42. The van der Waals surface area contributed by atoms with Gasteiger partial charge in [0.15, 0.2) is 0 Å². The lowest BCUT2D eigenvalue weighted by Crippen LogP contribution is -2.26. The Morgan fingerprint density at radius 3 is 2.77 bits per heavy atom. The Balaban J connectivity index is 1.64. The molecule has 0 radical (unpaired) electrons. The van der Waals surface area contributed by atoms with Crippen LogP contribution in [0.2, 0.25) is 5.15 Å². The predicted octanol–water partition coefficient (Wildman–Crippen LogP) is 4.20. The Bertz CT molecular complexity index is 887. The van der Waals surface area contributed by atoms with Crippen molar-refractivity contribution in [3.05, 3.63) is 89.0 Å². The molecule has 2 heterocycles. The van der Waals surface area contributed by atoms with E-state index >= 15 is 0 Å². The lowest BCUT2D eigenvalue weighted by atomic mass is 10.1. The van der Waals surface area contributed by atoms with Gasteiger partial charge in [0.25, 0.3) is 5.91 Å². The number of hydrogen-bond donors (Lipinski definition) is 1. The number of nitrogens with zero attached hydrogens (tertiary/aromatic N) is 2. The Morgan fingerprint density at radius 2 is 2.00 bits per heavy atom. The number of nitrogens with one attached hydrogen (secondary N) is 1. The highest BCUT2D eigenvalue weighted by atomic mass is 35.5. The van der Waals surface area contributed by atoms with Crippen LogP contribution in [0.15, 0.2) is 67.0 Å². The van der Waals surface area contributed by atoms with Crippen LogP contribution in [0.3, 0.4) is 0 Å². The molecule has 0 spiro atoms. The molecule has 1 unspecified atom stereocenters. The monoisotopic (exact) mass is 367 g/mol. The Morgan fingerprint density at radius 1 is 1.12 bits per heavy atom. The molecule has 0 aliphatic carbocycles. The minimum absolute atomic E-state index is 0.187. The second-order valence-corrected chi connectivity index (χ2v) is 6.13. The highest BCUT2D eigenvalue weighted by Crippen LogP contribution is 2.20. The number of halogens is 1. The van der Waals surface area contributed by atoms with E-state index in [2.05, 4.69) is 15.3 Å². The van der Waals surface area contributed by atoms with Crippen molar-refractivity contribution >= 4 is 17.5 Å². The van der Waals surface area contributed by atoms with E-state index in [0.717, 1.165) is 17.0 Å². The van der Waals surface area contributed by atoms with Crippen LogP contribution in [0.25, 0.3) is 0 Å². The summed E-state index contributed by atoms with van der Waals surface area (Å²) >= 11 is 5.84. The molecular formula is C20H18ClN3O2. The van der Waals surface area contributed by atoms with E-state index in [1.54, 1.807) is 12.3 Å². The molecule has 132 valence electrons. The fraction of sp³-hybridized carbons (Fsp3) is 0.150. The van der Waals surface area contributed by atoms with Gasteiger partial charge in [-0.1, -0.05) is 29.8 Å². The topological polar surface area (TPSA) is 64.1 Å². The first-order valence-electron chi connectivity index (χ1n) is 8.17. The molecule has 0 aliphatic heterocycles. The molecule has 1 amide bonds. The lowest BCUT2D eigenvalue weighted by molar-refractivity contribution is 0.0939. The van der Waals surface area contributed by atoms with E-state index in [4.69, 9.17) is 16.3 Å². The molecule has 3 rings (SSSR count). The van der Waals surface area contributed by atoms with Crippen LogP contribution in [-0.2, 0) is 6.61 Å². The first-order chi connectivity index (χ1) is 12.6. The van der Waals surface area contributed by atoms with Crippen molar-refractivity contribution in [2.24, 2.45) is 0 Å². The van der Waals surface area contributed by atoms with Crippen molar-refractivity contribution in [3.8, 4) is 5.75 Å². The number of pyridine rings is 2. The summed E-state index contributed by atoms with van der Waals surface area (Å²) in [6.45, 7) is 2.30. The molecule has 3 aromatic rings. The van der Waals surface area contributed by atoms with Crippen molar-refractivity contribution in [2.75, 3.05) is 0 Å². The summed E-state index contributed by atoms with van der Waals surface area (Å²) in [5, 5.41) is 3.23. The third-order valence-corrected chi connectivity index (χ3v) is 4.01. The number of benzene rings is 1. The van der Waals surface area contributed by atoms with Gasteiger partial charge in [-0.15, -0.1) is 0 Å². The summed E-state index contributed by atoms with van der Waals surface area (Å²) in [6.07, 6.45) is 3.24. The number of carbonyl (C=O) groups excluding carboxylic acids is 1. The van der Waals surface area contributed by atoms with Gasteiger partial charge in [-0.05, 0) is 48.9 Å². The minimum Gasteiger partial charge on any atom is -0.487 e.